The predicted octanol–water partition coefficient (Wildman–Crippen LogP) is 5.01. The van der Waals surface area contributed by atoms with Crippen molar-refractivity contribution in [3.05, 3.63) is 34.9 Å². The molecule has 0 bridgehead atoms. The molecule has 2 unspecified atom stereocenters. The molecule has 2 heterocycles. The first-order valence-electron chi connectivity index (χ1n) is 16.6. The van der Waals surface area contributed by atoms with Crippen LogP contribution in [0.5, 0.6) is 0 Å². The van der Waals surface area contributed by atoms with Crippen LogP contribution in [0.2, 0.25) is 5.02 Å². The van der Waals surface area contributed by atoms with Gasteiger partial charge >= 0.3 is 6.09 Å². The lowest BCUT2D eigenvalue weighted by Crippen LogP contribution is -2.51. The number of amides is 2. The van der Waals surface area contributed by atoms with Crippen LogP contribution >= 0.6 is 11.6 Å². The van der Waals surface area contributed by atoms with Crippen molar-refractivity contribution in [1.29, 1.82) is 5.26 Å². The van der Waals surface area contributed by atoms with Gasteiger partial charge in [-0.1, -0.05) is 56.8 Å². The number of piperidine rings is 1. The van der Waals surface area contributed by atoms with Gasteiger partial charge in [-0.25, -0.2) is 9.79 Å². The van der Waals surface area contributed by atoms with Gasteiger partial charge in [0.2, 0.25) is 11.9 Å². The number of likely N-dealkylation sites (tertiary alicyclic amines) is 1. The molecule has 0 aromatic heterocycles. The lowest BCUT2D eigenvalue weighted by Gasteiger charge is -2.39. The number of hydrogen-bond acceptors (Lipinski definition) is 7. The average Bonchev–Trinajstić information content (AvgIpc) is 3.05. The van der Waals surface area contributed by atoms with Crippen LogP contribution in [0, 0.1) is 28.6 Å². The summed E-state index contributed by atoms with van der Waals surface area (Å²) in [5.41, 5.74) is 0.728. The highest BCUT2D eigenvalue weighted by Gasteiger charge is 2.36. The third-order valence-electron chi connectivity index (χ3n) is 9.65. The summed E-state index contributed by atoms with van der Waals surface area (Å²) in [6, 6.07) is 7.96. The fourth-order valence-corrected chi connectivity index (χ4v) is 6.79. The van der Waals surface area contributed by atoms with Crippen molar-refractivity contribution in [2.24, 2.45) is 22.2 Å². The molecular formula is C34H51ClN6O4. The molecule has 45 heavy (non-hydrogen) atoms. The van der Waals surface area contributed by atoms with Crippen molar-refractivity contribution in [1.82, 2.24) is 20.4 Å². The molecule has 2 atom stereocenters. The van der Waals surface area contributed by atoms with E-state index in [0.29, 0.717) is 68.6 Å². The molecule has 1 aliphatic carbocycles. The van der Waals surface area contributed by atoms with Crippen LogP contribution in [-0.2, 0) is 20.7 Å². The number of morpholine rings is 1. The summed E-state index contributed by atoms with van der Waals surface area (Å²) in [5.74, 6) is 0.787. The lowest BCUT2D eigenvalue weighted by atomic mass is 9.68. The van der Waals surface area contributed by atoms with E-state index in [9.17, 15) is 14.9 Å². The number of rotatable bonds is 10. The van der Waals surface area contributed by atoms with Gasteiger partial charge in [0, 0.05) is 24.5 Å². The first kappa shape index (κ1) is 35.0. The Labute approximate surface area is 273 Å². The molecule has 0 spiro atoms. The molecular weight excluding hydrogens is 592 g/mol. The maximum absolute atomic E-state index is 14.0. The molecule has 4 rings (SSSR count). The average molecular weight is 643 g/mol. The minimum Gasteiger partial charge on any atom is -0.449 e. The number of alkyl carbamates (subject to hydrolysis) is 1. The molecule has 248 valence electrons. The standard InChI is InChI=1S/C34H51ClN6O4/c1-34(2,27-7-5-4-6-8-27)22-30(31(42)37-29(23-36)21-25-9-11-28(35)12-10-25)38-32(41-17-19-44-20-18-41)39-33(43)45-24-26-13-15-40(3)16-14-26/h9-12,26-27,29-30H,4-8,13-22,24H2,1-3H3,(H,37,42)(H,38,39,43). The number of halogens is 1. The number of carbonyl (C=O) groups excluding carboxylic acids is 2. The Morgan fingerprint density at radius 3 is 2.40 bits per heavy atom. The van der Waals surface area contributed by atoms with E-state index in [1.54, 1.807) is 12.1 Å². The zero-order valence-electron chi connectivity index (χ0n) is 27.2. The highest BCUT2D eigenvalue weighted by molar-refractivity contribution is 6.30. The van der Waals surface area contributed by atoms with E-state index >= 15 is 0 Å². The maximum Gasteiger partial charge on any atom is 0.413 e. The Kier molecular flexibility index (Phi) is 13.3. The zero-order chi connectivity index (χ0) is 32.2. The van der Waals surface area contributed by atoms with Crippen LogP contribution in [-0.4, -0.2) is 92.9 Å². The van der Waals surface area contributed by atoms with Crippen molar-refractivity contribution in [2.75, 3.05) is 53.0 Å². The Morgan fingerprint density at radius 2 is 1.76 bits per heavy atom. The number of nitrogens with one attached hydrogen (secondary N) is 2. The summed E-state index contributed by atoms with van der Waals surface area (Å²) in [6.45, 7) is 8.82. The van der Waals surface area contributed by atoms with Gasteiger partial charge in [-0.05, 0) is 87.2 Å². The number of benzene rings is 1. The van der Waals surface area contributed by atoms with Gasteiger partial charge in [-0.2, -0.15) is 5.26 Å². The molecule has 1 aromatic rings. The molecule has 0 radical (unpaired) electrons. The van der Waals surface area contributed by atoms with Crippen LogP contribution in [0.1, 0.15) is 70.8 Å². The summed E-state index contributed by atoms with van der Waals surface area (Å²) in [5, 5.41) is 16.4. The third-order valence-corrected chi connectivity index (χ3v) is 9.90. The van der Waals surface area contributed by atoms with Crippen molar-refractivity contribution < 1.29 is 19.1 Å². The zero-order valence-corrected chi connectivity index (χ0v) is 28.0. The second-order valence-corrected chi connectivity index (χ2v) is 14.0. The summed E-state index contributed by atoms with van der Waals surface area (Å²) in [4.78, 5) is 36.3. The number of guanidine groups is 1. The van der Waals surface area contributed by atoms with E-state index in [1.165, 1.54) is 19.3 Å². The summed E-state index contributed by atoms with van der Waals surface area (Å²) < 4.78 is 11.2. The second-order valence-electron chi connectivity index (χ2n) is 13.6. The minimum atomic E-state index is -0.810. The Bertz CT molecular complexity index is 1170. The molecule has 2 amide bonds. The van der Waals surface area contributed by atoms with Crippen molar-refractivity contribution in [3.8, 4) is 6.07 Å². The molecule has 11 heteroatoms. The molecule has 2 saturated heterocycles. The summed E-state index contributed by atoms with van der Waals surface area (Å²) >= 11 is 6.04. The van der Waals surface area contributed by atoms with E-state index in [-0.39, 0.29) is 11.3 Å². The van der Waals surface area contributed by atoms with Gasteiger partial charge in [0.25, 0.3) is 0 Å². The highest BCUT2D eigenvalue weighted by Crippen LogP contribution is 2.41. The highest BCUT2D eigenvalue weighted by atomic mass is 35.5. The molecule has 1 aromatic carbocycles. The van der Waals surface area contributed by atoms with E-state index in [2.05, 4.69) is 42.5 Å². The largest absolute Gasteiger partial charge is 0.449 e. The van der Waals surface area contributed by atoms with E-state index in [4.69, 9.17) is 26.1 Å². The van der Waals surface area contributed by atoms with Gasteiger partial charge in [0.05, 0.1) is 25.9 Å². The Balaban J connectivity index is 1.54. The van der Waals surface area contributed by atoms with Gasteiger partial charge in [0.15, 0.2) is 0 Å². The predicted molar refractivity (Wildman–Crippen MR) is 176 cm³/mol. The monoisotopic (exact) mass is 642 g/mol. The molecule has 3 aliphatic rings. The Hall–Kier alpha value is -2.87. The number of ether oxygens (including phenoxy) is 2. The number of nitrogens with zero attached hydrogens (tertiary/aromatic N) is 4. The first-order chi connectivity index (χ1) is 21.6. The maximum atomic E-state index is 14.0. The number of aliphatic imine (C=N–C) groups is 1. The van der Waals surface area contributed by atoms with Gasteiger partial charge in [-0.15, -0.1) is 0 Å². The minimum absolute atomic E-state index is 0.172. The lowest BCUT2D eigenvalue weighted by molar-refractivity contribution is -0.123. The summed E-state index contributed by atoms with van der Waals surface area (Å²) in [7, 11) is 2.10. The summed E-state index contributed by atoms with van der Waals surface area (Å²) in [6.07, 6.45) is 8.12. The number of hydrogen-bond donors (Lipinski definition) is 2. The van der Waals surface area contributed by atoms with E-state index < -0.39 is 18.2 Å². The van der Waals surface area contributed by atoms with Gasteiger partial charge in [-0.3, -0.25) is 10.1 Å². The van der Waals surface area contributed by atoms with Crippen LogP contribution in [0.25, 0.3) is 0 Å². The molecule has 2 N–H and O–H groups in total. The van der Waals surface area contributed by atoms with Crippen LogP contribution in [0.4, 0.5) is 4.79 Å². The fourth-order valence-electron chi connectivity index (χ4n) is 6.66. The van der Waals surface area contributed by atoms with Gasteiger partial charge < -0.3 is 24.6 Å². The Morgan fingerprint density at radius 1 is 1.09 bits per heavy atom. The van der Waals surface area contributed by atoms with Crippen molar-refractivity contribution in [3.63, 3.8) is 0 Å². The van der Waals surface area contributed by atoms with E-state index in [1.807, 2.05) is 17.0 Å². The smallest absolute Gasteiger partial charge is 0.413 e. The molecule has 3 fully saturated rings. The second kappa shape index (κ2) is 17.2. The van der Waals surface area contributed by atoms with Crippen LogP contribution in [0.3, 0.4) is 0 Å². The normalized spacial score (nSPS) is 20.6. The van der Waals surface area contributed by atoms with E-state index in [0.717, 1.165) is 44.3 Å². The van der Waals surface area contributed by atoms with Crippen molar-refractivity contribution >= 4 is 29.6 Å². The SMILES string of the molecule is CN1CCC(COC(=O)NC(=NC(CC(C)(C)C2CCCCC2)C(=O)NC(C#N)Cc2ccc(Cl)cc2)N2CCOCC2)CC1. The fraction of sp³-hybridized carbons (Fsp3) is 0.706. The van der Waals surface area contributed by atoms with Gasteiger partial charge in [0.1, 0.15) is 12.1 Å². The molecule has 10 nitrogen and oxygen atoms in total. The molecule has 2 aliphatic heterocycles. The number of carbonyl (C=O) groups is 2. The topological polar surface area (TPSA) is 119 Å². The van der Waals surface area contributed by atoms with Crippen LogP contribution < -0.4 is 10.6 Å². The van der Waals surface area contributed by atoms with Crippen LogP contribution in [0.15, 0.2) is 29.3 Å². The first-order valence-corrected chi connectivity index (χ1v) is 17.0. The third kappa shape index (κ3) is 11.2. The number of nitriles is 1. The molecule has 1 saturated carbocycles. The van der Waals surface area contributed by atoms with Crippen molar-refractivity contribution in [2.45, 2.75) is 83.7 Å². The quantitative estimate of drug-likeness (QED) is 0.272.